The fourth-order valence-electron chi connectivity index (χ4n) is 4.89. The van der Waals surface area contributed by atoms with E-state index in [0.717, 1.165) is 42.8 Å². The largest absolute Gasteiger partial charge is 0.467 e. The molecule has 0 saturated carbocycles. The molecule has 5 rings (SSSR count). The van der Waals surface area contributed by atoms with Gasteiger partial charge in [0.25, 0.3) is 0 Å². The summed E-state index contributed by atoms with van der Waals surface area (Å²) < 4.78 is 5.81. The van der Waals surface area contributed by atoms with E-state index in [9.17, 15) is 9.59 Å². The molecule has 0 saturated heterocycles. The van der Waals surface area contributed by atoms with Crippen molar-refractivity contribution in [2.75, 3.05) is 23.3 Å². The molecule has 34 heavy (non-hydrogen) atoms. The summed E-state index contributed by atoms with van der Waals surface area (Å²) in [7, 11) is 0. The lowest BCUT2D eigenvalue weighted by molar-refractivity contribution is -0.120. The number of rotatable bonds is 7. The number of carbonyl (C=O) groups is 2. The van der Waals surface area contributed by atoms with Gasteiger partial charge < -0.3 is 20.0 Å². The maximum Gasteiger partial charge on any atom is 0.239 e. The lowest BCUT2D eigenvalue weighted by Crippen LogP contribution is -2.41. The van der Waals surface area contributed by atoms with Crippen LogP contribution in [0, 0.1) is 0 Å². The fraction of sp³-hybridized carbons (Fsp3) is 0.286. The van der Waals surface area contributed by atoms with Gasteiger partial charge in [-0.05, 0) is 55.5 Å². The highest BCUT2D eigenvalue weighted by Gasteiger charge is 2.38. The summed E-state index contributed by atoms with van der Waals surface area (Å²) in [4.78, 5) is 28.2. The van der Waals surface area contributed by atoms with Crippen molar-refractivity contribution in [3.05, 3.63) is 95.6 Å². The van der Waals surface area contributed by atoms with Crippen molar-refractivity contribution in [3.8, 4) is 0 Å². The third-order valence-corrected chi connectivity index (χ3v) is 6.47. The maximum absolute atomic E-state index is 13.1. The number of carbonyl (C=O) groups excluding carboxylic acids is 2. The Hall–Kier alpha value is -3.80. The van der Waals surface area contributed by atoms with Crippen LogP contribution in [0.1, 0.15) is 43.0 Å². The monoisotopic (exact) mass is 455 g/mol. The molecule has 0 bridgehead atoms. The zero-order valence-electron chi connectivity index (χ0n) is 19.1. The summed E-state index contributed by atoms with van der Waals surface area (Å²) in [5.41, 5.74) is 4.67. The summed E-state index contributed by atoms with van der Waals surface area (Å²) >= 11 is 0. The molecule has 0 radical (unpaired) electrons. The number of anilines is 2. The van der Waals surface area contributed by atoms with E-state index < -0.39 is 6.04 Å². The van der Waals surface area contributed by atoms with Crippen LogP contribution < -0.4 is 15.5 Å². The zero-order chi connectivity index (χ0) is 23.3. The molecule has 6 nitrogen and oxygen atoms in total. The van der Waals surface area contributed by atoms with Crippen molar-refractivity contribution < 1.29 is 14.0 Å². The number of nitrogens with zero attached hydrogens (tertiary/aromatic N) is 1. The Kier molecular flexibility index (Phi) is 6.47. The van der Waals surface area contributed by atoms with E-state index >= 15 is 0 Å². The number of aryl methyl sites for hydroxylation is 1. The predicted octanol–water partition coefficient (Wildman–Crippen LogP) is 5.01. The summed E-state index contributed by atoms with van der Waals surface area (Å²) in [6.45, 7) is 0.721. The Balaban J connectivity index is 1.39. The molecule has 1 aliphatic carbocycles. The molecule has 1 amide bonds. The van der Waals surface area contributed by atoms with Gasteiger partial charge >= 0.3 is 0 Å². The van der Waals surface area contributed by atoms with Crippen LogP contribution in [0.3, 0.4) is 0 Å². The van der Waals surface area contributed by atoms with Crippen LogP contribution in [0.15, 0.2) is 88.7 Å². The highest BCUT2D eigenvalue weighted by Crippen LogP contribution is 2.44. The molecule has 174 valence electrons. The molecular formula is C28H29N3O3. The van der Waals surface area contributed by atoms with E-state index in [2.05, 4.69) is 22.8 Å². The zero-order valence-corrected chi connectivity index (χ0v) is 19.1. The van der Waals surface area contributed by atoms with Gasteiger partial charge in [0.2, 0.25) is 5.91 Å². The van der Waals surface area contributed by atoms with E-state index in [0.29, 0.717) is 24.3 Å². The number of para-hydroxylation sites is 2. The second-order valence-corrected chi connectivity index (χ2v) is 8.80. The van der Waals surface area contributed by atoms with Gasteiger partial charge in [0.15, 0.2) is 5.78 Å². The quantitative estimate of drug-likeness (QED) is 0.490. The van der Waals surface area contributed by atoms with Gasteiger partial charge in [0, 0.05) is 24.2 Å². The number of benzene rings is 2. The number of allylic oxidation sites excluding steroid dienone is 1. The van der Waals surface area contributed by atoms with Gasteiger partial charge in [-0.25, -0.2) is 0 Å². The standard InChI is InChI=1S/C28H29N3O3/c32-24-15-6-13-22-27(24)28(25-16-8-18-34-25)31(23-14-5-4-12-21(23)30-22)19-26(33)29-17-7-11-20-9-2-1-3-10-20/h1-5,8-10,12,14,16,18,28,30H,6-7,11,13,15,17,19H2,(H,29,33). The van der Waals surface area contributed by atoms with Gasteiger partial charge in [-0.2, -0.15) is 0 Å². The highest BCUT2D eigenvalue weighted by atomic mass is 16.3. The third-order valence-electron chi connectivity index (χ3n) is 6.47. The first-order valence-electron chi connectivity index (χ1n) is 11.9. The summed E-state index contributed by atoms with van der Waals surface area (Å²) in [5, 5.41) is 6.57. The van der Waals surface area contributed by atoms with Crippen molar-refractivity contribution in [2.45, 2.75) is 38.1 Å². The minimum atomic E-state index is -0.455. The summed E-state index contributed by atoms with van der Waals surface area (Å²) in [5.74, 6) is 0.695. The number of fused-ring (bicyclic) bond motifs is 1. The van der Waals surface area contributed by atoms with Crippen molar-refractivity contribution in [1.29, 1.82) is 0 Å². The molecule has 2 heterocycles. The number of hydrogen-bond donors (Lipinski definition) is 2. The summed E-state index contributed by atoms with van der Waals surface area (Å²) in [6.07, 6.45) is 5.52. The Morgan fingerprint density at radius 3 is 2.68 bits per heavy atom. The molecule has 3 aromatic rings. The maximum atomic E-state index is 13.1. The molecule has 2 aliphatic rings. The minimum Gasteiger partial charge on any atom is -0.467 e. The normalized spacial score (nSPS) is 17.5. The SMILES string of the molecule is O=C(CN1c2ccccc2NC2=C(C(=O)CCC2)C1c1ccco1)NCCCc1ccccc1. The molecule has 1 aromatic heterocycles. The van der Waals surface area contributed by atoms with Crippen molar-refractivity contribution in [3.63, 3.8) is 0 Å². The van der Waals surface area contributed by atoms with E-state index in [-0.39, 0.29) is 18.2 Å². The van der Waals surface area contributed by atoms with Crippen LogP contribution in [0.5, 0.6) is 0 Å². The van der Waals surface area contributed by atoms with E-state index in [4.69, 9.17) is 4.42 Å². The topological polar surface area (TPSA) is 74.6 Å². The van der Waals surface area contributed by atoms with E-state index in [1.807, 2.05) is 59.5 Å². The fourth-order valence-corrected chi connectivity index (χ4v) is 4.89. The Morgan fingerprint density at radius 1 is 1.03 bits per heavy atom. The molecule has 6 heteroatoms. The predicted molar refractivity (Wildman–Crippen MR) is 133 cm³/mol. The van der Waals surface area contributed by atoms with Gasteiger partial charge in [-0.3, -0.25) is 9.59 Å². The van der Waals surface area contributed by atoms with E-state index in [1.54, 1.807) is 6.26 Å². The number of ketones is 1. The highest BCUT2D eigenvalue weighted by molar-refractivity contribution is 6.01. The second-order valence-electron chi connectivity index (χ2n) is 8.80. The molecule has 0 spiro atoms. The molecule has 1 atom stereocenters. The van der Waals surface area contributed by atoms with Gasteiger partial charge in [0.1, 0.15) is 11.8 Å². The lowest BCUT2D eigenvalue weighted by Gasteiger charge is -2.33. The van der Waals surface area contributed by atoms with Gasteiger partial charge in [-0.15, -0.1) is 0 Å². The first-order valence-corrected chi connectivity index (χ1v) is 11.9. The van der Waals surface area contributed by atoms with Gasteiger partial charge in [0.05, 0.1) is 24.2 Å². The Morgan fingerprint density at radius 2 is 1.85 bits per heavy atom. The Bertz CT molecular complexity index is 1180. The lowest BCUT2D eigenvalue weighted by atomic mass is 9.88. The van der Waals surface area contributed by atoms with E-state index in [1.165, 1.54) is 5.56 Å². The van der Waals surface area contributed by atoms with Crippen LogP contribution in [0.4, 0.5) is 11.4 Å². The van der Waals surface area contributed by atoms with Crippen molar-refractivity contribution in [1.82, 2.24) is 5.32 Å². The average Bonchev–Trinajstić information content (AvgIpc) is 3.34. The average molecular weight is 456 g/mol. The van der Waals surface area contributed by atoms with Crippen LogP contribution in [-0.2, 0) is 16.0 Å². The number of amides is 1. The minimum absolute atomic E-state index is 0.0771. The summed E-state index contributed by atoms with van der Waals surface area (Å²) in [6, 6.07) is 21.4. The molecule has 1 unspecified atom stereocenters. The second kappa shape index (κ2) is 10.00. The molecule has 2 aromatic carbocycles. The smallest absolute Gasteiger partial charge is 0.239 e. The molecular weight excluding hydrogens is 426 g/mol. The van der Waals surface area contributed by atoms with Crippen LogP contribution in [0.25, 0.3) is 0 Å². The molecule has 2 N–H and O–H groups in total. The Labute approximate surface area is 199 Å². The van der Waals surface area contributed by atoms with Crippen molar-refractivity contribution >= 4 is 23.1 Å². The number of Topliss-reactive ketones (excluding diaryl/α,β-unsaturated/α-hetero) is 1. The number of hydrogen-bond acceptors (Lipinski definition) is 5. The first kappa shape index (κ1) is 22.0. The van der Waals surface area contributed by atoms with Crippen molar-refractivity contribution in [2.24, 2.45) is 0 Å². The molecule has 1 aliphatic heterocycles. The van der Waals surface area contributed by atoms with Crippen LogP contribution in [0.2, 0.25) is 0 Å². The number of furan rings is 1. The first-order chi connectivity index (χ1) is 16.7. The van der Waals surface area contributed by atoms with Crippen LogP contribution >= 0.6 is 0 Å². The van der Waals surface area contributed by atoms with Gasteiger partial charge in [-0.1, -0.05) is 42.5 Å². The molecule has 0 fully saturated rings. The number of nitrogens with one attached hydrogen (secondary N) is 2. The van der Waals surface area contributed by atoms with Crippen LogP contribution in [-0.4, -0.2) is 24.8 Å². The third kappa shape index (κ3) is 4.62.